The number of rotatable bonds is 7. The quantitative estimate of drug-likeness (QED) is 0.212. The van der Waals surface area contributed by atoms with E-state index in [1.54, 1.807) is 55.5 Å². The molecule has 4 rings (SSSR count). The molecule has 170 valence electrons. The molecule has 0 bridgehead atoms. The summed E-state index contributed by atoms with van der Waals surface area (Å²) in [5.41, 5.74) is 0.946. The summed E-state index contributed by atoms with van der Waals surface area (Å²) in [5.74, 6) is -1.19. The van der Waals surface area contributed by atoms with Crippen molar-refractivity contribution in [2.24, 2.45) is 0 Å². The number of hydrogen-bond donors (Lipinski definition) is 1. The van der Waals surface area contributed by atoms with Crippen LogP contribution in [0.4, 0.5) is 5.13 Å². The largest absolute Gasteiger partial charge is 0.507 e. The van der Waals surface area contributed by atoms with E-state index in [9.17, 15) is 14.7 Å². The van der Waals surface area contributed by atoms with Crippen molar-refractivity contribution in [3.8, 4) is 5.75 Å². The maximum atomic E-state index is 13.1. The number of anilines is 1. The molecule has 2 aromatic carbocycles. The zero-order chi connectivity index (χ0) is 23.5. The van der Waals surface area contributed by atoms with Crippen molar-refractivity contribution < 1.29 is 19.4 Å². The molecule has 2 heterocycles. The number of ether oxygens (including phenoxy) is 1. The second-order valence-corrected chi connectivity index (χ2v) is 9.15. The maximum Gasteiger partial charge on any atom is 0.301 e. The van der Waals surface area contributed by atoms with Crippen LogP contribution >= 0.6 is 22.9 Å². The Balaban J connectivity index is 1.79. The molecule has 0 spiro atoms. The number of halogens is 1. The van der Waals surface area contributed by atoms with Gasteiger partial charge in [0.2, 0.25) is 5.13 Å². The van der Waals surface area contributed by atoms with E-state index in [-0.39, 0.29) is 16.5 Å². The van der Waals surface area contributed by atoms with Crippen molar-refractivity contribution in [3.63, 3.8) is 0 Å². The van der Waals surface area contributed by atoms with Crippen LogP contribution in [-0.2, 0) is 9.59 Å². The molecule has 1 aliphatic rings. The van der Waals surface area contributed by atoms with Crippen LogP contribution in [0.15, 0.2) is 54.1 Å². The van der Waals surface area contributed by atoms with Gasteiger partial charge in [0.05, 0.1) is 18.2 Å². The molecule has 9 heteroatoms. The average molecular weight is 484 g/mol. The number of hydrogen-bond acceptors (Lipinski definition) is 7. The van der Waals surface area contributed by atoms with Crippen LogP contribution in [0, 0.1) is 6.92 Å². The summed E-state index contributed by atoms with van der Waals surface area (Å²) in [5, 5.41) is 20.6. The van der Waals surface area contributed by atoms with Gasteiger partial charge in [0.15, 0.2) is 0 Å². The van der Waals surface area contributed by atoms with Crippen LogP contribution in [0.25, 0.3) is 5.76 Å². The van der Waals surface area contributed by atoms with Crippen molar-refractivity contribution in [3.05, 3.63) is 75.3 Å². The van der Waals surface area contributed by atoms with Gasteiger partial charge in [-0.25, -0.2) is 0 Å². The van der Waals surface area contributed by atoms with Gasteiger partial charge in [-0.3, -0.25) is 14.5 Å². The molecule has 3 aromatic rings. The number of carbonyl (C=O) groups excluding carboxylic acids is 2. The number of benzene rings is 2. The third kappa shape index (κ3) is 4.62. The van der Waals surface area contributed by atoms with Gasteiger partial charge in [-0.05, 0) is 55.3 Å². The first-order chi connectivity index (χ1) is 15.9. The molecule has 1 aliphatic heterocycles. The third-order valence-corrected chi connectivity index (χ3v) is 6.30. The Morgan fingerprint density at radius 1 is 1.18 bits per heavy atom. The summed E-state index contributed by atoms with van der Waals surface area (Å²) in [7, 11) is 0. The number of unbranched alkanes of at least 4 members (excludes halogenated alkanes) is 1. The Kier molecular flexibility index (Phi) is 6.76. The molecule has 7 nitrogen and oxygen atoms in total. The normalized spacial score (nSPS) is 17.5. The number of ketones is 1. The highest BCUT2D eigenvalue weighted by atomic mass is 35.5. The van der Waals surface area contributed by atoms with Crippen LogP contribution in [0.2, 0.25) is 5.02 Å². The maximum absolute atomic E-state index is 13.1. The zero-order valence-corrected chi connectivity index (χ0v) is 19.7. The minimum atomic E-state index is -0.892. The van der Waals surface area contributed by atoms with E-state index in [2.05, 4.69) is 17.1 Å². The van der Waals surface area contributed by atoms with Crippen molar-refractivity contribution >= 4 is 45.5 Å². The first-order valence-corrected chi connectivity index (χ1v) is 11.7. The Labute approximate surface area is 200 Å². The summed E-state index contributed by atoms with van der Waals surface area (Å²) in [6, 6.07) is 12.7. The van der Waals surface area contributed by atoms with Gasteiger partial charge in [-0.15, -0.1) is 10.2 Å². The molecule has 1 N–H and O–H groups in total. The Morgan fingerprint density at radius 2 is 1.94 bits per heavy atom. The summed E-state index contributed by atoms with van der Waals surface area (Å²) in [6.07, 6.45) is 1.96. The molecule has 0 saturated carbocycles. The Bertz CT molecular complexity index is 1220. The van der Waals surface area contributed by atoms with Crippen LogP contribution in [0.3, 0.4) is 0 Å². The second-order valence-electron chi connectivity index (χ2n) is 7.55. The highest BCUT2D eigenvalue weighted by Crippen LogP contribution is 2.43. The van der Waals surface area contributed by atoms with Gasteiger partial charge < -0.3 is 9.84 Å². The summed E-state index contributed by atoms with van der Waals surface area (Å²) >= 11 is 7.39. The average Bonchev–Trinajstić information content (AvgIpc) is 3.34. The van der Waals surface area contributed by atoms with Gasteiger partial charge >= 0.3 is 5.91 Å². The Morgan fingerprint density at radius 3 is 2.58 bits per heavy atom. The van der Waals surface area contributed by atoms with Crippen molar-refractivity contribution in [2.45, 2.75) is 32.7 Å². The van der Waals surface area contributed by atoms with Gasteiger partial charge in [0.1, 0.15) is 16.5 Å². The summed E-state index contributed by atoms with van der Waals surface area (Å²) in [6.45, 7) is 4.44. The van der Waals surface area contributed by atoms with Crippen molar-refractivity contribution in [1.82, 2.24) is 10.2 Å². The molecule has 0 aliphatic carbocycles. The van der Waals surface area contributed by atoms with Gasteiger partial charge in [-0.2, -0.15) is 0 Å². The van der Waals surface area contributed by atoms with Gasteiger partial charge in [-0.1, -0.05) is 48.4 Å². The smallest absolute Gasteiger partial charge is 0.301 e. The standard InChI is InChI=1S/C24H22ClN3O4S/c1-3-4-12-32-18-10-8-15(9-11-18)21(29)19-20(16-6-5-7-17(25)13-16)28(23(31)22(19)30)24-27-26-14(2)33-24/h5-11,13,20,29H,3-4,12H2,1-2H3/t20-/m1/s1. The van der Waals surface area contributed by atoms with Crippen molar-refractivity contribution in [1.29, 1.82) is 0 Å². The number of aryl methyl sites for hydroxylation is 1. The third-order valence-electron chi connectivity index (χ3n) is 5.22. The van der Waals surface area contributed by atoms with E-state index in [1.807, 2.05) is 0 Å². The highest BCUT2D eigenvalue weighted by Gasteiger charge is 2.48. The van der Waals surface area contributed by atoms with E-state index in [0.29, 0.717) is 33.5 Å². The lowest BCUT2D eigenvalue weighted by molar-refractivity contribution is -0.132. The van der Waals surface area contributed by atoms with E-state index in [1.165, 1.54) is 16.2 Å². The predicted molar refractivity (Wildman–Crippen MR) is 128 cm³/mol. The number of carbonyl (C=O) groups is 2. The molecule has 1 fully saturated rings. The number of amides is 1. The SMILES string of the molecule is CCCCOc1ccc(C(O)=C2C(=O)C(=O)N(c3nnc(C)s3)[C@@H]2c2cccc(Cl)c2)cc1. The minimum absolute atomic E-state index is 0.0326. The molecule has 1 amide bonds. The zero-order valence-electron chi connectivity index (χ0n) is 18.1. The lowest BCUT2D eigenvalue weighted by atomic mass is 9.95. The molecule has 1 aromatic heterocycles. The van der Waals surface area contributed by atoms with Gasteiger partial charge in [0, 0.05) is 10.6 Å². The van der Waals surface area contributed by atoms with Gasteiger partial charge in [0.25, 0.3) is 5.78 Å². The summed E-state index contributed by atoms with van der Waals surface area (Å²) < 4.78 is 5.67. The van der Waals surface area contributed by atoms with Crippen LogP contribution in [0.5, 0.6) is 5.75 Å². The molecule has 0 radical (unpaired) electrons. The fourth-order valence-corrected chi connectivity index (χ4v) is 4.52. The molecular weight excluding hydrogens is 462 g/mol. The predicted octanol–water partition coefficient (Wildman–Crippen LogP) is 5.31. The van der Waals surface area contributed by atoms with E-state index in [0.717, 1.165) is 12.8 Å². The molecule has 1 saturated heterocycles. The molecule has 33 heavy (non-hydrogen) atoms. The molecular formula is C24H22ClN3O4S. The topological polar surface area (TPSA) is 92.6 Å². The molecule has 0 unspecified atom stereocenters. The van der Waals surface area contributed by atoms with E-state index < -0.39 is 17.7 Å². The van der Waals surface area contributed by atoms with Crippen LogP contribution in [-0.4, -0.2) is 33.6 Å². The summed E-state index contributed by atoms with van der Waals surface area (Å²) in [4.78, 5) is 27.4. The fraction of sp³-hybridized carbons (Fsp3) is 0.250. The minimum Gasteiger partial charge on any atom is -0.507 e. The van der Waals surface area contributed by atoms with Crippen LogP contribution < -0.4 is 9.64 Å². The number of Topliss-reactive ketones (excluding diaryl/α,β-unsaturated/α-hetero) is 1. The first kappa shape index (κ1) is 22.9. The van der Waals surface area contributed by atoms with Crippen LogP contribution in [0.1, 0.15) is 41.9 Å². The lowest BCUT2D eigenvalue weighted by Gasteiger charge is -2.22. The second kappa shape index (κ2) is 9.72. The monoisotopic (exact) mass is 483 g/mol. The van der Waals surface area contributed by atoms with E-state index in [4.69, 9.17) is 16.3 Å². The Hall–Kier alpha value is -3.23. The number of aliphatic hydroxyl groups is 1. The first-order valence-electron chi connectivity index (χ1n) is 10.5. The van der Waals surface area contributed by atoms with E-state index >= 15 is 0 Å². The highest BCUT2D eigenvalue weighted by molar-refractivity contribution is 7.15. The number of aromatic nitrogens is 2. The number of nitrogens with zero attached hydrogens (tertiary/aromatic N) is 3. The molecule has 1 atom stereocenters. The van der Waals surface area contributed by atoms with Crippen molar-refractivity contribution in [2.75, 3.05) is 11.5 Å². The number of aliphatic hydroxyl groups excluding tert-OH is 1. The lowest BCUT2D eigenvalue weighted by Crippen LogP contribution is -2.29. The fourth-order valence-electron chi connectivity index (χ4n) is 3.60.